The van der Waals surface area contributed by atoms with Crippen LogP contribution in [0.3, 0.4) is 0 Å². The Morgan fingerprint density at radius 1 is 1.03 bits per heavy atom. The first kappa shape index (κ1) is 23.5. The minimum absolute atomic E-state index is 0.0717. The summed E-state index contributed by atoms with van der Waals surface area (Å²) in [5, 5.41) is 3.26. The number of hydrogen-bond acceptors (Lipinski definition) is 5. The van der Waals surface area contributed by atoms with Gasteiger partial charge in [-0.15, -0.1) is 0 Å². The molecule has 4 rings (SSSR count). The number of ether oxygens (including phenoxy) is 1. The third-order valence-corrected chi connectivity index (χ3v) is 6.11. The molecule has 1 aliphatic rings. The Hall–Kier alpha value is -3.65. The zero-order valence-electron chi connectivity index (χ0n) is 19.6. The second-order valence-electron chi connectivity index (χ2n) is 8.45. The van der Waals surface area contributed by atoms with Crippen LogP contribution in [-0.2, 0) is 17.9 Å². The molecule has 1 fully saturated rings. The molecule has 8 heteroatoms. The molecule has 2 amide bonds. The van der Waals surface area contributed by atoms with Crippen LogP contribution in [0.4, 0.5) is 0 Å². The predicted molar refractivity (Wildman–Crippen MR) is 131 cm³/mol. The Morgan fingerprint density at radius 3 is 2.41 bits per heavy atom. The lowest BCUT2D eigenvalue weighted by Gasteiger charge is -2.34. The SMILES string of the molecule is CCOc1ccc2[nH]cc(C(=O)NCc3ccc(CN4CCN(C(C)=O)CC4)cc3)c(=O)c2c1. The molecule has 3 aromatic rings. The van der Waals surface area contributed by atoms with Crippen LogP contribution in [0, 0.1) is 0 Å². The Kier molecular flexibility index (Phi) is 7.27. The molecular formula is C26H30N4O4. The van der Waals surface area contributed by atoms with E-state index in [1.54, 1.807) is 25.1 Å². The van der Waals surface area contributed by atoms with Gasteiger partial charge < -0.3 is 19.9 Å². The highest BCUT2D eigenvalue weighted by atomic mass is 16.5. The average molecular weight is 463 g/mol. The van der Waals surface area contributed by atoms with Crippen molar-refractivity contribution in [1.29, 1.82) is 0 Å². The fourth-order valence-electron chi connectivity index (χ4n) is 4.14. The van der Waals surface area contributed by atoms with Gasteiger partial charge in [0.25, 0.3) is 5.91 Å². The van der Waals surface area contributed by atoms with Crippen LogP contribution < -0.4 is 15.5 Å². The summed E-state index contributed by atoms with van der Waals surface area (Å²) < 4.78 is 5.47. The predicted octanol–water partition coefficient (Wildman–Crippen LogP) is 2.52. The second kappa shape index (κ2) is 10.5. The lowest BCUT2D eigenvalue weighted by atomic mass is 10.1. The van der Waals surface area contributed by atoms with E-state index in [9.17, 15) is 14.4 Å². The van der Waals surface area contributed by atoms with Crippen LogP contribution >= 0.6 is 0 Å². The van der Waals surface area contributed by atoms with E-state index in [2.05, 4.69) is 27.3 Å². The Morgan fingerprint density at radius 2 is 1.74 bits per heavy atom. The fourth-order valence-corrected chi connectivity index (χ4v) is 4.14. The van der Waals surface area contributed by atoms with E-state index in [1.165, 1.54) is 11.8 Å². The van der Waals surface area contributed by atoms with Gasteiger partial charge >= 0.3 is 0 Å². The topological polar surface area (TPSA) is 94.7 Å². The molecule has 0 atom stereocenters. The van der Waals surface area contributed by atoms with Gasteiger partial charge in [-0.1, -0.05) is 24.3 Å². The number of aromatic nitrogens is 1. The summed E-state index contributed by atoms with van der Waals surface area (Å²) >= 11 is 0. The summed E-state index contributed by atoms with van der Waals surface area (Å²) in [4.78, 5) is 44.3. The van der Waals surface area contributed by atoms with Gasteiger partial charge in [-0.05, 0) is 36.2 Å². The van der Waals surface area contributed by atoms with Gasteiger partial charge in [0, 0.05) is 63.3 Å². The molecule has 2 aromatic carbocycles. The molecule has 0 aliphatic carbocycles. The molecule has 178 valence electrons. The summed E-state index contributed by atoms with van der Waals surface area (Å²) in [6.45, 7) is 8.40. The Balaban J connectivity index is 1.35. The zero-order chi connectivity index (χ0) is 24.1. The number of nitrogens with one attached hydrogen (secondary N) is 2. The first-order valence-corrected chi connectivity index (χ1v) is 11.6. The lowest BCUT2D eigenvalue weighted by Crippen LogP contribution is -2.47. The third kappa shape index (κ3) is 5.46. The number of benzene rings is 2. The van der Waals surface area contributed by atoms with Crippen molar-refractivity contribution in [3.05, 3.63) is 75.6 Å². The standard InChI is InChI=1S/C26H30N4O4/c1-3-34-21-8-9-24-22(14-21)25(32)23(16-27-24)26(33)28-15-19-4-6-20(7-5-19)17-29-10-12-30(13-11-29)18(2)31/h4-9,14,16H,3,10-13,15,17H2,1-2H3,(H,27,32)(H,28,33). The molecule has 1 aromatic heterocycles. The highest BCUT2D eigenvalue weighted by Crippen LogP contribution is 2.17. The van der Waals surface area contributed by atoms with Crippen molar-refractivity contribution in [3.8, 4) is 5.75 Å². The van der Waals surface area contributed by atoms with Crippen molar-refractivity contribution in [2.45, 2.75) is 26.9 Å². The molecule has 1 saturated heterocycles. The van der Waals surface area contributed by atoms with Crippen molar-refractivity contribution in [2.75, 3.05) is 32.8 Å². The average Bonchev–Trinajstić information content (AvgIpc) is 2.84. The van der Waals surface area contributed by atoms with Gasteiger partial charge in [-0.2, -0.15) is 0 Å². The number of fused-ring (bicyclic) bond motifs is 1. The van der Waals surface area contributed by atoms with E-state index < -0.39 is 5.91 Å². The summed E-state index contributed by atoms with van der Waals surface area (Å²) in [6.07, 6.45) is 1.45. The molecule has 0 saturated carbocycles. The van der Waals surface area contributed by atoms with E-state index in [4.69, 9.17) is 4.74 Å². The molecule has 0 unspecified atom stereocenters. The fraction of sp³-hybridized carbons (Fsp3) is 0.346. The maximum absolute atomic E-state index is 12.9. The van der Waals surface area contributed by atoms with E-state index in [1.807, 2.05) is 24.0 Å². The number of carbonyl (C=O) groups excluding carboxylic acids is 2. The van der Waals surface area contributed by atoms with Gasteiger partial charge in [-0.25, -0.2) is 0 Å². The van der Waals surface area contributed by atoms with Crippen LogP contribution in [0.25, 0.3) is 10.9 Å². The van der Waals surface area contributed by atoms with E-state index in [0.717, 1.165) is 38.3 Å². The first-order chi connectivity index (χ1) is 16.4. The van der Waals surface area contributed by atoms with Gasteiger partial charge in [-0.3, -0.25) is 19.3 Å². The van der Waals surface area contributed by atoms with E-state index >= 15 is 0 Å². The number of H-pyrrole nitrogens is 1. The van der Waals surface area contributed by atoms with Gasteiger partial charge in [0.05, 0.1) is 6.61 Å². The minimum atomic E-state index is -0.419. The van der Waals surface area contributed by atoms with E-state index in [0.29, 0.717) is 29.8 Å². The zero-order valence-corrected chi connectivity index (χ0v) is 19.6. The Labute approximate surface area is 198 Å². The molecule has 2 heterocycles. The van der Waals surface area contributed by atoms with Gasteiger partial charge in [0.1, 0.15) is 11.3 Å². The summed E-state index contributed by atoms with van der Waals surface area (Å²) in [6, 6.07) is 13.3. The maximum atomic E-state index is 12.9. The van der Waals surface area contributed by atoms with Crippen LogP contribution in [-0.4, -0.2) is 59.4 Å². The second-order valence-corrected chi connectivity index (χ2v) is 8.45. The molecular weight excluding hydrogens is 432 g/mol. The number of carbonyl (C=O) groups is 2. The van der Waals surface area contributed by atoms with Crippen molar-refractivity contribution in [2.24, 2.45) is 0 Å². The van der Waals surface area contributed by atoms with Gasteiger partial charge in [0.2, 0.25) is 11.3 Å². The maximum Gasteiger partial charge on any atom is 0.257 e. The number of piperazine rings is 1. The first-order valence-electron chi connectivity index (χ1n) is 11.6. The Bertz CT molecular complexity index is 1230. The van der Waals surface area contributed by atoms with Crippen LogP contribution in [0.1, 0.15) is 35.3 Å². The summed E-state index contributed by atoms with van der Waals surface area (Å²) in [5.74, 6) is 0.309. The molecule has 34 heavy (non-hydrogen) atoms. The lowest BCUT2D eigenvalue weighted by molar-refractivity contribution is -0.130. The van der Waals surface area contributed by atoms with E-state index in [-0.39, 0.29) is 16.9 Å². The molecule has 0 radical (unpaired) electrons. The quantitative estimate of drug-likeness (QED) is 0.563. The van der Waals surface area contributed by atoms with Crippen molar-refractivity contribution >= 4 is 22.7 Å². The van der Waals surface area contributed by atoms with Gasteiger partial charge in [0.15, 0.2) is 0 Å². The third-order valence-electron chi connectivity index (χ3n) is 6.11. The minimum Gasteiger partial charge on any atom is -0.494 e. The number of amides is 2. The highest BCUT2D eigenvalue weighted by Gasteiger charge is 2.18. The number of hydrogen-bond donors (Lipinski definition) is 2. The number of nitrogens with zero attached hydrogens (tertiary/aromatic N) is 2. The smallest absolute Gasteiger partial charge is 0.257 e. The van der Waals surface area contributed by atoms with Crippen molar-refractivity contribution < 1.29 is 14.3 Å². The molecule has 2 N–H and O–H groups in total. The molecule has 1 aliphatic heterocycles. The molecule has 8 nitrogen and oxygen atoms in total. The van der Waals surface area contributed by atoms with Crippen molar-refractivity contribution in [1.82, 2.24) is 20.1 Å². The number of pyridine rings is 1. The monoisotopic (exact) mass is 462 g/mol. The van der Waals surface area contributed by atoms with Crippen LogP contribution in [0.2, 0.25) is 0 Å². The normalized spacial score (nSPS) is 14.2. The largest absolute Gasteiger partial charge is 0.494 e. The number of aromatic amines is 1. The molecule has 0 spiro atoms. The molecule has 0 bridgehead atoms. The highest BCUT2D eigenvalue weighted by molar-refractivity contribution is 5.97. The summed E-state index contributed by atoms with van der Waals surface area (Å²) in [5.41, 5.74) is 2.54. The van der Waals surface area contributed by atoms with Crippen molar-refractivity contribution in [3.63, 3.8) is 0 Å². The van der Waals surface area contributed by atoms with Crippen LogP contribution in [0.5, 0.6) is 5.75 Å². The number of rotatable bonds is 7. The van der Waals surface area contributed by atoms with Crippen LogP contribution in [0.15, 0.2) is 53.5 Å². The summed E-state index contributed by atoms with van der Waals surface area (Å²) in [7, 11) is 0.